The van der Waals surface area contributed by atoms with Gasteiger partial charge in [-0.3, -0.25) is 14.7 Å². The third-order valence-corrected chi connectivity index (χ3v) is 6.90. The minimum Gasteiger partial charge on any atom is -0.277 e. The van der Waals surface area contributed by atoms with Crippen molar-refractivity contribution in [1.82, 2.24) is 14.7 Å². The molecule has 1 aliphatic rings. The van der Waals surface area contributed by atoms with Crippen molar-refractivity contribution in [2.75, 3.05) is 39.6 Å². The summed E-state index contributed by atoms with van der Waals surface area (Å²) in [6.07, 6.45) is 7.92. The van der Waals surface area contributed by atoms with E-state index in [-0.39, 0.29) is 0 Å². The van der Waals surface area contributed by atoms with Crippen molar-refractivity contribution in [2.45, 2.75) is 122 Å². The summed E-state index contributed by atoms with van der Waals surface area (Å²) in [7, 11) is 0. The quantitative estimate of drug-likeness (QED) is 0.288. The number of hydrogen-bond acceptors (Lipinski definition) is 3. The van der Waals surface area contributed by atoms with Gasteiger partial charge >= 0.3 is 0 Å². The third kappa shape index (κ3) is 16.2. The Morgan fingerprint density at radius 2 is 0.667 bits per heavy atom. The van der Waals surface area contributed by atoms with Gasteiger partial charge in [-0.05, 0) is 72.5 Å². The Balaban J connectivity index is 2.65. The van der Waals surface area contributed by atoms with Crippen LogP contribution in [0.5, 0.6) is 0 Å². The van der Waals surface area contributed by atoms with Crippen LogP contribution >= 0.6 is 0 Å². The fourth-order valence-electron chi connectivity index (χ4n) is 6.06. The average Bonchev–Trinajstić information content (AvgIpc) is 2.59. The minimum absolute atomic E-state index is 0.436. The smallest absolute Gasteiger partial charge is 0.0529 e. The maximum absolute atomic E-state index is 2.73. The Labute approximate surface area is 210 Å². The minimum atomic E-state index is 0.436. The molecule has 3 atom stereocenters. The molecule has 0 spiro atoms. The highest BCUT2D eigenvalue weighted by Gasteiger charge is 2.26. The zero-order valence-electron chi connectivity index (χ0n) is 25.1. The molecule has 0 aliphatic carbocycles. The zero-order valence-corrected chi connectivity index (χ0v) is 25.1. The van der Waals surface area contributed by atoms with Gasteiger partial charge in [0.1, 0.15) is 0 Å². The van der Waals surface area contributed by atoms with E-state index >= 15 is 0 Å². The standard InChI is InChI=1S/C30H63N3/c1-25(19-28(4,5)6)13-16-31-22-32(17-14-26(2)20-29(7,8)9)24-33(23-31)18-15-27(3)21-30(10,11)12/h25-27H,13-24H2,1-12H3/t25-,26-,27+/m0/s1. The van der Waals surface area contributed by atoms with Crippen LogP contribution in [0, 0.1) is 34.0 Å². The summed E-state index contributed by atoms with van der Waals surface area (Å²) in [5, 5.41) is 0. The molecule has 0 aromatic rings. The Kier molecular flexibility index (Phi) is 12.4. The van der Waals surface area contributed by atoms with Gasteiger partial charge in [0.15, 0.2) is 0 Å². The van der Waals surface area contributed by atoms with Crippen LogP contribution in [0.15, 0.2) is 0 Å². The van der Waals surface area contributed by atoms with Gasteiger partial charge < -0.3 is 0 Å². The molecule has 1 heterocycles. The van der Waals surface area contributed by atoms with Gasteiger partial charge in [0.2, 0.25) is 0 Å². The van der Waals surface area contributed by atoms with E-state index in [2.05, 4.69) is 97.8 Å². The molecule has 3 nitrogen and oxygen atoms in total. The van der Waals surface area contributed by atoms with Crippen LogP contribution in [0.1, 0.15) is 122 Å². The van der Waals surface area contributed by atoms with Gasteiger partial charge in [-0.15, -0.1) is 0 Å². The van der Waals surface area contributed by atoms with Crippen LogP contribution in [0.2, 0.25) is 0 Å². The predicted octanol–water partition coefficient (Wildman–Crippen LogP) is 8.17. The summed E-state index contributed by atoms with van der Waals surface area (Å²) in [6, 6.07) is 0. The zero-order chi connectivity index (χ0) is 25.4. The van der Waals surface area contributed by atoms with E-state index in [1.165, 1.54) is 58.2 Å². The van der Waals surface area contributed by atoms with E-state index in [4.69, 9.17) is 0 Å². The summed E-state index contributed by atoms with van der Waals surface area (Å²) >= 11 is 0. The molecule has 33 heavy (non-hydrogen) atoms. The molecule has 198 valence electrons. The molecule has 1 rings (SSSR count). The molecule has 1 fully saturated rings. The molecule has 1 aliphatic heterocycles. The Hall–Kier alpha value is -0.120. The van der Waals surface area contributed by atoms with Crippen molar-refractivity contribution in [3.05, 3.63) is 0 Å². The second kappa shape index (κ2) is 13.3. The molecule has 0 N–H and O–H groups in total. The molecular weight excluding hydrogens is 402 g/mol. The molecular formula is C30H63N3. The lowest BCUT2D eigenvalue weighted by Crippen LogP contribution is -2.55. The van der Waals surface area contributed by atoms with Crippen molar-refractivity contribution in [3.63, 3.8) is 0 Å². The van der Waals surface area contributed by atoms with Crippen molar-refractivity contribution in [2.24, 2.45) is 34.0 Å². The van der Waals surface area contributed by atoms with Crippen molar-refractivity contribution in [1.29, 1.82) is 0 Å². The normalized spacial score (nSPS) is 20.7. The number of rotatable bonds is 12. The summed E-state index contributed by atoms with van der Waals surface area (Å²) in [4.78, 5) is 8.18. The molecule has 0 radical (unpaired) electrons. The fraction of sp³-hybridized carbons (Fsp3) is 1.00. The largest absolute Gasteiger partial charge is 0.277 e. The molecule has 0 aromatic carbocycles. The van der Waals surface area contributed by atoms with E-state index in [9.17, 15) is 0 Å². The highest BCUT2D eigenvalue weighted by atomic mass is 15.5. The summed E-state index contributed by atoms with van der Waals surface area (Å²) in [5.41, 5.74) is 1.31. The second-order valence-corrected chi connectivity index (χ2v) is 15.6. The van der Waals surface area contributed by atoms with Crippen LogP contribution in [0.25, 0.3) is 0 Å². The lowest BCUT2D eigenvalue weighted by Gasteiger charge is -2.43. The highest BCUT2D eigenvalue weighted by molar-refractivity contribution is 4.75. The number of nitrogens with zero attached hydrogens (tertiary/aromatic N) is 3. The van der Waals surface area contributed by atoms with Crippen molar-refractivity contribution in [3.8, 4) is 0 Å². The fourth-order valence-corrected chi connectivity index (χ4v) is 6.06. The van der Waals surface area contributed by atoms with Gasteiger partial charge in [-0.1, -0.05) is 83.1 Å². The van der Waals surface area contributed by atoms with Crippen LogP contribution in [0.4, 0.5) is 0 Å². The van der Waals surface area contributed by atoms with Gasteiger partial charge in [0.05, 0.1) is 20.0 Å². The Morgan fingerprint density at radius 1 is 0.455 bits per heavy atom. The van der Waals surface area contributed by atoms with Crippen molar-refractivity contribution < 1.29 is 0 Å². The molecule has 1 saturated heterocycles. The van der Waals surface area contributed by atoms with Gasteiger partial charge in [-0.2, -0.15) is 0 Å². The highest BCUT2D eigenvalue weighted by Crippen LogP contribution is 2.29. The van der Waals surface area contributed by atoms with Gasteiger partial charge in [-0.25, -0.2) is 0 Å². The van der Waals surface area contributed by atoms with Gasteiger partial charge in [0.25, 0.3) is 0 Å². The van der Waals surface area contributed by atoms with E-state index < -0.39 is 0 Å². The van der Waals surface area contributed by atoms with E-state index in [0.717, 1.165) is 37.8 Å². The maximum atomic E-state index is 2.73. The lowest BCUT2D eigenvalue weighted by atomic mass is 9.84. The average molecular weight is 466 g/mol. The van der Waals surface area contributed by atoms with Gasteiger partial charge in [0, 0.05) is 19.6 Å². The summed E-state index contributed by atoms with van der Waals surface area (Å²) in [5.74, 6) is 2.40. The van der Waals surface area contributed by atoms with E-state index in [1.54, 1.807) is 0 Å². The van der Waals surface area contributed by atoms with Crippen LogP contribution < -0.4 is 0 Å². The lowest BCUT2D eigenvalue weighted by molar-refractivity contribution is -0.0361. The first-order valence-electron chi connectivity index (χ1n) is 14.1. The van der Waals surface area contributed by atoms with E-state index in [0.29, 0.717) is 16.2 Å². The molecule has 0 bridgehead atoms. The summed E-state index contributed by atoms with van der Waals surface area (Å²) in [6.45, 7) is 35.9. The SMILES string of the molecule is C[C@H](CCN1CN(CC[C@H](C)CC(C)(C)C)CN(CC[C@H](C)CC(C)(C)C)C1)CC(C)(C)C. The molecule has 0 unspecified atom stereocenters. The molecule has 3 heteroatoms. The molecule has 0 amide bonds. The first-order valence-corrected chi connectivity index (χ1v) is 14.1. The van der Waals surface area contributed by atoms with E-state index in [1.807, 2.05) is 0 Å². The molecule has 0 aromatic heterocycles. The molecule has 0 saturated carbocycles. The third-order valence-electron chi connectivity index (χ3n) is 6.90. The van der Waals surface area contributed by atoms with Crippen molar-refractivity contribution >= 4 is 0 Å². The first kappa shape index (κ1) is 30.9. The van der Waals surface area contributed by atoms with Crippen LogP contribution in [-0.4, -0.2) is 54.3 Å². The monoisotopic (exact) mass is 466 g/mol. The Bertz CT molecular complexity index is 440. The topological polar surface area (TPSA) is 9.72 Å². The van der Waals surface area contributed by atoms with Crippen LogP contribution in [0.3, 0.4) is 0 Å². The Morgan fingerprint density at radius 3 is 0.848 bits per heavy atom. The predicted molar refractivity (Wildman–Crippen MR) is 148 cm³/mol. The number of hydrogen-bond donors (Lipinski definition) is 0. The second-order valence-electron chi connectivity index (χ2n) is 15.6. The maximum Gasteiger partial charge on any atom is 0.0529 e. The van der Waals surface area contributed by atoms with Crippen LogP contribution in [-0.2, 0) is 0 Å². The summed E-state index contributed by atoms with van der Waals surface area (Å²) < 4.78 is 0. The first-order chi connectivity index (χ1) is 14.9.